The van der Waals surface area contributed by atoms with Crippen LogP contribution in [0, 0.1) is 6.92 Å². The summed E-state index contributed by atoms with van der Waals surface area (Å²) in [6.45, 7) is 10.4. The normalized spacial score (nSPS) is 19.0. The van der Waals surface area contributed by atoms with Gasteiger partial charge in [-0.05, 0) is 33.4 Å². The van der Waals surface area contributed by atoms with Gasteiger partial charge in [-0.25, -0.2) is 4.98 Å². The summed E-state index contributed by atoms with van der Waals surface area (Å²) in [5.74, 6) is 0. The zero-order valence-corrected chi connectivity index (χ0v) is 12.1. The minimum atomic E-state index is 0.361. The third-order valence-electron chi connectivity index (χ3n) is 3.29. The Morgan fingerprint density at radius 3 is 2.94 bits per heavy atom. The molecule has 102 valence electrons. The molecule has 0 bridgehead atoms. The Labute approximate surface area is 113 Å². The number of ether oxygens (including phenoxy) is 1. The van der Waals surface area contributed by atoms with Crippen molar-refractivity contribution < 1.29 is 4.74 Å². The third kappa shape index (κ3) is 4.31. The summed E-state index contributed by atoms with van der Waals surface area (Å²) in [6, 6.07) is 0.361. The molecule has 2 heterocycles. The molecule has 2 rings (SSSR count). The highest BCUT2D eigenvalue weighted by atomic mass is 32.1. The van der Waals surface area contributed by atoms with Gasteiger partial charge in [0, 0.05) is 24.5 Å². The molecular formula is C13H23N3OS. The van der Waals surface area contributed by atoms with Crippen LogP contribution in [-0.4, -0.2) is 49.3 Å². The van der Waals surface area contributed by atoms with Gasteiger partial charge in [-0.15, -0.1) is 11.3 Å². The Kier molecular flexibility index (Phi) is 5.56. The van der Waals surface area contributed by atoms with Crippen molar-refractivity contribution >= 4 is 11.3 Å². The number of rotatable bonds is 6. The van der Waals surface area contributed by atoms with Crippen LogP contribution in [0.15, 0.2) is 5.38 Å². The van der Waals surface area contributed by atoms with Gasteiger partial charge in [0.05, 0.1) is 23.9 Å². The van der Waals surface area contributed by atoms with Crippen molar-refractivity contribution in [2.75, 3.05) is 39.4 Å². The lowest BCUT2D eigenvalue weighted by molar-refractivity contribution is 0.0374. The maximum absolute atomic E-state index is 5.34. The number of hydrogen-bond acceptors (Lipinski definition) is 5. The first kappa shape index (κ1) is 13.9. The number of nitrogens with zero attached hydrogens (tertiary/aromatic N) is 2. The minimum absolute atomic E-state index is 0.361. The molecule has 1 aliphatic heterocycles. The van der Waals surface area contributed by atoms with E-state index in [4.69, 9.17) is 4.74 Å². The Morgan fingerprint density at radius 1 is 1.50 bits per heavy atom. The molecule has 0 spiro atoms. The van der Waals surface area contributed by atoms with Gasteiger partial charge < -0.3 is 10.1 Å². The molecule has 1 N–H and O–H groups in total. The second kappa shape index (κ2) is 7.19. The molecule has 1 unspecified atom stereocenters. The van der Waals surface area contributed by atoms with Gasteiger partial charge in [-0.3, -0.25) is 4.90 Å². The van der Waals surface area contributed by atoms with Crippen LogP contribution in [0.2, 0.25) is 0 Å². The van der Waals surface area contributed by atoms with Crippen LogP contribution < -0.4 is 5.32 Å². The molecule has 0 aliphatic carbocycles. The minimum Gasteiger partial charge on any atom is -0.379 e. The molecule has 5 heteroatoms. The standard InChI is InChI=1S/C13H23N3OS/c1-11(13-10-18-12(2)15-13)14-4-3-5-16-6-8-17-9-7-16/h10-11,14H,3-9H2,1-2H3. The summed E-state index contributed by atoms with van der Waals surface area (Å²) in [6.07, 6.45) is 1.19. The summed E-state index contributed by atoms with van der Waals surface area (Å²) in [4.78, 5) is 6.98. The number of thiazole rings is 1. The first-order chi connectivity index (χ1) is 8.75. The van der Waals surface area contributed by atoms with Crippen LogP contribution in [0.3, 0.4) is 0 Å². The predicted octanol–water partition coefficient (Wildman–Crippen LogP) is 1.82. The summed E-state index contributed by atoms with van der Waals surface area (Å²) in [5, 5.41) is 6.83. The van der Waals surface area contributed by atoms with Gasteiger partial charge in [-0.2, -0.15) is 0 Å². The number of hydrogen-bond donors (Lipinski definition) is 1. The van der Waals surface area contributed by atoms with Gasteiger partial charge in [0.25, 0.3) is 0 Å². The van der Waals surface area contributed by atoms with Crippen molar-refractivity contribution in [2.24, 2.45) is 0 Å². The van der Waals surface area contributed by atoms with E-state index < -0.39 is 0 Å². The van der Waals surface area contributed by atoms with E-state index in [-0.39, 0.29) is 0 Å². The highest BCUT2D eigenvalue weighted by molar-refractivity contribution is 7.09. The second-order valence-corrected chi connectivity index (χ2v) is 5.84. The fourth-order valence-electron chi connectivity index (χ4n) is 2.13. The molecule has 1 saturated heterocycles. The number of aryl methyl sites for hydroxylation is 1. The Morgan fingerprint density at radius 2 is 2.28 bits per heavy atom. The lowest BCUT2D eigenvalue weighted by Crippen LogP contribution is -2.37. The van der Waals surface area contributed by atoms with Crippen LogP contribution >= 0.6 is 11.3 Å². The molecule has 1 aromatic heterocycles. The van der Waals surface area contributed by atoms with E-state index in [1.54, 1.807) is 11.3 Å². The topological polar surface area (TPSA) is 37.4 Å². The smallest absolute Gasteiger partial charge is 0.0898 e. The largest absolute Gasteiger partial charge is 0.379 e. The average Bonchev–Trinajstić information content (AvgIpc) is 2.82. The number of aromatic nitrogens is 1. The lowest BCUT2D eigenvalue weighted by Gasteiger charge is -2.26. The highest BCUT2D eigenvalue weighted by Crippen LogP contribution is 2.15. The van der Waals surface area contributed by atoms with Crippen molar-refractivity contribution in [2.45, 2.75) is 26.3 Å². The monoisotopic (exact) mass is 269 g/mol. The predicted molar refractivity (Wildman–Crippen MR) is 75.1 cm³/mol. The molecule has 0 radical (unpaired) electrons. The van der Waals surface area contributed by atoms with E-state index in [2.05, 4.69) is 34.4 Å². The van der Waals surface area contributed by atoms with Gasteiger partial charge in [0.15, 0.2) is 0 Å². The van der Waals surface area contributed by atoms with Gasteiger partial charge in [0.1, 0.15) is 0 Å². The lowest BCUT2D eigenvalue weighted by atomic mass is 10.2. The molecule has 4 nitrogen and oxygen atoms in total. The zero-order valence-electron chi connectivity index (χ0n) is 11.3. The van der Waals surface area contributed by atoms with Gasteiger partial charge in [0.2, 0.25) is 0 Å². The molecule has 1 atom stereocenters. The van der Waals surface area contributed by atoms with E-state index in [0.717, 1.165) is 37.9 Å². The van der Waals surface area contributed by atoms with Crippen LogP contribution in [0.4, 0.5) is 0 Å². The molecule has 1 aliphatic rings. The molecule has 18 heavy (non-hydrogen) atoms. The molecule has 1 aromatic rings. The molecule has 0 saturated carbocycles. The summed E-state index contributed by atoms with van der Waals surface area (Å²) >= 11 is 1.72. The van der Waals surface area contributed by atoms with Crippen molar-refractivity contribution in [1.82, 2.24) is 15.2 Å². The fraction of sp³-hybridized carbons (Fsp3) is 0.769. The van der Waals surface area contributed by atoms with E-state index in [0.29, 0.717) is 6.04 Å². The SMILES string of the molecule is Cc1nc(C(C)NCCCN2CCOCC2)cs1. The number of morpholine rings is 1. The Bertz CT molecular complexity index is 350. The van der Waals surface area contributed by atoms with Crippen LogP contribution in [0.1, 0.15) is 30.1 Å². The quantitative estimate of drug-likeness (QED) is 0.800. The molecule has 1 fully saturated rings. The maximum Gasteiger partial charge on any atom is 0.0898 e. The maximum atomic E-state index is 5.34. The second-order valence-electron chi connectivity index (χ2n) is 4.77. The zero-order chi connectivity index (χ0) is 12.8. The van der Waals surface area contributed by atoms with Crippen molar-refractivity contribution in [1.29, 1.82) is 0 Å². The van der Waals surface area contributed by atoms with E-state index in [1.165, 1.54) is 18.7 Å². The van der Waals surface area contributed by atoms with Crippen molar-refractivity contribution in [3.05, 3.63) is 16.1 Å². The summed E-state index contributed by atoms with van der Waals surface area (Å²) < 4.78 is 5.34. The van der Waals surface area contributed by atoms with E-state index >= 15 is 0 Å². The molecule has 0 aromatic carbocycles. The summed E-state index contributed by atoms with van der Waals surface area (Å²) in [7, 11) is 0. The van der Waals surface area contributed by atoms with E-state index in [9.17, 15) is 0 Å². The van der Waals surface area contributed by atoms with Crippen molar-refractivity contribution in [3.63, 3.8) is 0 Å². The fourth-order valence-corrected chi connectivity index (χ4v) is 2.84. The molecule has 0 amide bonds. The third-order valence-corrected chi connectivity index (χ3v) is 4.08. The van der Waals surface area contributed by atoms with Crippen LogP contribution in [0.5, 0.6) is 0 Å². The number of nitrogens with one attached hydrogen (secondary N) is 1. The first-order valence-corrected chi connectivity index (χ1v) is 7.59. The van der Waals surface area contributed by atoms with Gasteiger partial charge in [-0.1, -0.05) is 0 Å². The highest BCUT2D eigenvalue weighted by Gasteiger charge is 2.10. The Hall–Kier alpha value is -0.490. The first-order valence-electron chi connectivity index (χ1n) is 6.71. The van der Waals surface area contributed by atoms with Crippen molar-refractivity contribution in [3.8, 4) is 0 Å². The average molecular weight is 269 g/mol. The molecular weight excluding hydrogens is 246 g/mol. The van der Waals surface area contributed by atoms with Gasteiger partial charge >= 0.3 is 0 Å². The van der Waals surface area contributed by atoms with Crippen LogP contribution in [-0.2, 0) is 4.74 Å². The summed E-state index contributed by atoms with van der Waals surface area (Å²) in [5.41, 5.74) is 1.17. The van der Waals surface area contributed by atoms with Crippen LogP contribution in [0.25, 0.3) is 0 Å². The van der Waals surface area contributed by atoms with E-state index in [1.807, 2.05) is 0 Å². The Balaban J connectivity index is 1.60.